The van der Waals surface area contributed by atoms with Gasteiger partial charge in [0, 0.05) is 0 Å². The second-order valence-electron chi connectivity index (χ2n) is 6.08. The summed E-state index contributed by atoms with van der Waals surface area (Å²) >= 11 is 0. The third-order valence-corrected chi connectivity index (χ3v) is 11.7. The van der Waals surface area contributed by atoms with Crippen LogP contribution >= 0.6 is 0 Å². The van der Waals surface area contributed by atoms with Crippen LogP contribution in [0.5, 0.6) is 0 Å². The predicted molar refractivity (Wildman–Crippen MR) is 80.5 cm³/mol. The van der Waals surface area contributed by atoms with E-state index in [0.29, 0.717) is 0 Å². The van der Waals surface area contributed by atoms with Crippen LogP contribution in [0.4, 0.5) is 0 Å². The number of hydrogen-bond acceptors (Lipinski definition) is 3. The maximum absolute atomic E-state index is 10.9. The summed E-state index contributed by atoms with van der Waals surface area (Å²) in [5, 5.41) is 0. The van der Waals surface area contributed by atoms with E-state index in [2.05, 4.69) is 30.8 Å². The molecule has 0 atom stereocenters. The zero-order valence-corrected chi connectivity index (χ0v) is 14.1. The molecule has 5 heteroatoms. The van der Waals surface area contributed by atoms with Gasteiger partial charge in [0.2, 0.25) is 0 Å². The minimum atomic E-state index is -2.01. The van der Waals surface area contributed by atoms with Gasteiger partial charge in [-0.2, -0.15) is 0 Å². The summed E-state index contributed by atoms with van der Waals surface area (Å²) in [5.41, 5.74) is 4.08. The zero-order valence-electron chi connectivity index (χ0n) is 11.8. The van der Waals surface area contributed by atoms with Gasteiger partial charge >= 0.3 is 106 Å². The Morgan fingerprint density at radius 3 is 1.35 bits per heavy atom. The van der Waals surface area contributed by atoms with Gasteiger partial charge in [-0.25, -0.2) is 0 Å². The molecule has 0 aromatic heterocycles. The van der Waals surface area contributed by atoms with Crippen molar-refractivity contribution in [3.05, 3.63) is 23.6 Å². The van der Waals surface area contributed by atoms with Gasteiger partial charge in [-0.1, -0.05) is 0 Å². The van der Waals surface area contributed by atoms with Crippen LogP contribution in [-0.4, -0.2) is 28.0 Å². The van der Waals surface area contributed by atoms with Crippen LogP contribution in [0, 0.1) is 0 Å². The topological polar surface area (TPSA) is 46.2 Å². The van der Waals surface area contributed by atoms with Gasteiger partial charge in [-0.3, -0.25) is 0 Å². The van der Waals surface area contributed by atoms with Crippen LogP contribution in [-0.2, 0) is 9.59 Å². The van der Waals surface area contributed by atoms with E-state index in [9.17, 15) is 9.59 Å². The Labute approximate surface area is 106 Å². The Morgan fingerprint density at radius 1 is 0.824 bits per heavy atom. The average molecular weight is 272 g/mol. The number of rotatable bonds is 6. The van der Waals surface area contributed by atoms with Crippen molar-refractivity contribution in [2.24, 2.45) is 0 Å². The normalized spacial score (nSPS) is 15.4. The molecule has 0 unspecified atom stereocenters. The van der Waals surface area contributed by atoms with Crippen molar-refractivity contribution in [2.45, 2.75) is 40.0 Å². The fourth-order valence-corrected chi connectivity index (χ4v) is 13.2. The summed E-state index contributed by atoms with van der Waals surface area (Å²) in [6.07, 6.45) is 3.31. The second-order valence-corrected chi connectivity index (χ2v) is 16.1. The van der Waals surface area contributed by atoms with Crippen LogP contribution < -0.4 is 4.65 Å². The van der Waals surface area contributed by atoms with Gasteiger partial charge in [0.05, 0.1) is 0 Å². The molecule has 0 heterocycles. The molecule has 0 bridgehead atoms. The standard InChI is InChI=1S/C12H25NO2Si2/c1-11(14)7-9-16(3,4)13-17(5,6)10-8-12(2)15/h7-10,13,16-17H,1-6H3/q-2/b9-7-,10-8+. The fourth-order valence-electron chi connectivity index (χ4n) is 1.97. The first-order valence-electron chi connectivity index (χ1n) is 6.21. The predicted octanol–water partition coefficient (Wildman–Crippen LogP) is 1.82. The molecule has 0 amide bonds. The van der Waals surface area contributed by atoms with Crippen LogP contribution in [0.2, 0.25) is 26.2 Å². The molecule has 1 N–H and O–H groups in total. The molecule has 0 aromatic carbocycles. The number of carbonyl (C=O) groups is 2. The summed E-state index contributed by atoms with van der Waals surface area (Å²) < 4.78 is 3.70. The van der Waals surface area contributed by atoms with E-state index in [1.807, 2.05) is 11.4 Å². The molecule has 0 fully saturated rings. The second kappa shape index (κ2) is 6.23. The van der Waals surface area contributed by atoms with E-state index in [-0.39, 0.29) is 11.6 Å². The average Bonchev–Trinajstić information content (AvgIpc) is 2.10. The first-order chi connectivity index (χ1) is 7.54. The monoisotopic (exact) mass is 271 g/mol. The Morgan fingerprint density at radius 2 is 1.12 bits per heavy atom. The SMILES string of the molecule is CC(=O)/C=C\[SiH-](C)(C)N[SiH-](C)(C)/C=C/C(C)=O. The molecule has 0 aliphatic heterocycles. The van der Waals surface area contributed by atoms with Gasteiger partial charge < -0.3 is 0 Å². The van der Waals surface area contributed by atoms with Crippen molar-refractivity contribution >= 4 is 28.0 Å². The van der Waals surface area contributed by atoms with Gasteiger partial charge in [0.25, 0.3) is 0 Å². The summed E-state index contributed by atoms with van der Waals surface area (Å²) in [5.74, 6) is 0.170. The van der Waals surface area contributed by atoms with Gasteiger partial charge in [-0.15, -0.1) is 0 Å². The van der Waals surface area contributed by atoms with Gasteiger partial charge in [0.15, 0.2) is 0 Å². The number of allylic oxidation sites excluding steroid dienone is 2. The Bertz CT molecular complexity index is 324. The number of carbonyl (C=O) groups excluding carboxylic acids is 2. The van der Waals surface area contributed by atoms with Crippen molar-refractivity contribution in [3.8, 4) is 0 Å². The van der Waals surface area contributed by atoms with Crippen molar-refractivity contribution in [3.63, 3.8) is 0 Å². The zero-order chi connectivity index (χ0) is 13.7. The molecule has 0 saturated heterocycles. The fraction of sp³-hybridized carbons (Fsp3) is 0.500. The number of nitrogens with one attached hydrogen (secondary N) is 1. The van der Waals surface area contributed by atoms with Crippen molar-refractivity contribution < 1.29 is 9.59 Å². The van der Waals surface area contributed by atoms with Crippen LogP contribution in [0.1, 0.15) is 13.8 Å². The maximum atomic E-state index is 10.9. The Kier molecular flexibility index (Phi) is 5.94. The summed E-state index contributed by atoms with van der Waals surface area (Å²) in [4.78, 5) is 21.9. The molecular formula is C12H25NO2Si2-2. The Balaban J connectivity index is 4.69. The van der Waals surface area contributed by atoms with E-state index < -0.39 is 16.5 Å². The van der Waals surface area contributed by atoms with Gasteiger partial charge in [0.1, 0.15) is 0 Å². The van der Waals surface area contributed by atoms with Crippen LogP contribution in [0.25, 0.3) is 0 Å². The summed E-state index contributed by atoms with van der Waals surface area (Å²) in [6.45, 7) is 11.9. The molecular weight excluding hydrogens is 246 g/mol. The molecule has 0 saturated carbocycles. The molecule has 0 aromatic rings. The van der Waals surface area contributed by atoms with Crippen LogP contribution in [0.3, 0.4) is 0 Å². The summed E-state index contributed by atoms with van der Waals surface area (Å²) in [6, 6.07) is 0. The molecule has 17 heavy (non-hydrogen) atoms. The van der Waals surface area contributed by atoms with E-state index >= 15 is 0 Å². The summed E-state index contributed by atoms with van der Waals surface area (Å²) in [7, 11) is -4.02. The van der Waals surface area contributed by atoms with Gasteiger partial charge in [-0.05, 0) is 0 Å². The molecule has 0 spiro atoms. The van der Waals surface area contributed by atoms with E-state index in [1.165, 1.54) is 0 Å². The quantitative estimate of drug-likeness (QED) is 0.592. The molecule has 3 nitrogen and oxygen atoms in total. The minimum absolute atomic E-state index is 0.0851. The van der Waals surface area contributed by atoms with Crippen molar-refractivity contribution in [1.29, 1.82) is 0 Å². The number of ketones is 2. The van der Waals surface area contributed by atoms with Crippen molar-refractivity contribution in [1.82, 2.24) is 4.65 Å². The Hall–Kier alpha value is -0.786. The first kappa shape index (κ1) is 16.2. The molecule has 0 radical (unpaired) electrons. The number of hydrogen-bond donors (Lipinski definition) is 1. The molecule has 0 aliphatic carbocycles. The molecule has 0 aliphatic rings. The van der Waals surface area contributed by atoms with E-state index in [4.69, 9.17) is 0 Å². The third-order valence-electron chi connectivity index (χ3n) is 2.48. The molecule has 100 valence electrons. The first-order valence-corrected chi connectivity index (χ1v) is 13.3. The van der Waals surface area contributed by atoms with E-state index in [1.54, 1.807) is 26.0 Å². The van der Waals surface area contributed by atoms with Crippen molar-refractivity contribution in [2.75, 3.05) is 0 Å². The molecule has 0 rings (SSSR count). The third kappa shape index (κ3) is 8.96. The van der Waals surface area contributed by atoms with E-state index in [0.717, 1.165) is 0 Å². The van der Waals surface area contributed by atoms with Crippen LogP contribution in [0.15, 0.2) is 23.6 Å².